The molecule has 0 spiro atoms. The molecule has 2 nitrogen and oxygen atoms in total. The van der Waals surface area contributed by atoms with Crippen LogP contribution in [0, 0.1) is 17.8 Å². The molecule has 2 aliphatic rings. The Hall–Kier alpha value is -1.02. The molecular formula is C24H38O2. The van der Waals surface area contributed by atoms with Gasteiger partial charge in [0, 0.05) is 13.0 Å². The van der Waals surface area contributed by atoms with Crippen LogP contribution in [0.5, 0.6) is 5.75 Å². The lowest BCUT2D eigenvalue weighted by Gasteiger charge is -2.32. The molecule has 0 bridgehead atoms. The number of unbranched alkanes of at least 4 members (excludes halogenated alkanes) is 5. The molecule has 0 unspecified atom stereocenters. The molecule has 1 saturated carbocycles. The van der Waals surface area contributed by atoms with E-state index in [2.05, 4.69) is 25.1 Å². The van der Waals surface area contributed by atoms with Crippen molar-refractivity contribution >= 4 is 0 Å². The molecule has 3 atom stereocenters. The summed E-state index contributed by atoms with van der Waals surface area (Å²) in [7, 11) is 0. The fourth-order valence-corrected chi connectivity index (χ4v) is 5.31. The summed E-state index contributed by atoms with van der Waals surface area (Å²) in [5.74, 6) is 3.81. The van der Waals surface area contributed by atoms with Gasteiger partial charge in [-0.3, -0.25) is 0 Å². The van der Waals surface area contributed by atoms with Crippen molar-refractivity contribution in [2.24, 2.45) is 17.8 Å². The van der Waals surface area contributed by atoms with Gasteiger partial charge < -0.3 is 9.84 Å². The zero-order chi connectivity index (χ0) is 18.2. The van der Waals surface area contributed by atoms with Gasteiger partial charge in [0.1, 0.15) is 5.75 Å². The quantitative estimate of drug-likeness (QED) is 0.496. The van der Waals surface area contributed by atoms with E-state index >= 15 is 0 Å². The Morgan fingerprint density at radius 2 is 1.85 bits per heavy atom. The summed E-state index contributed by atoms with van der Waals surface area (Å²) < 4.78 is 5.97. The predicted octanol–water partition coefficient (Wildman–Crippen LogP) is 5.94. The molecular weight excluding hydrogens is 320 g/mol. The molecule has 1 N–H and O–H groups in total. The van der Waals surface area contributed by atoms with E-state index < -0.39 is 0 Å². The third-order valence-corrected chi connectivity index (χ3v) is 6.76. The summed E-state index contributed by atoms with van der Waals surface area (Å²) in [6.45, 7) is 3.13. The van der Waals surface area contributed by atoms with E-state index in [0.29, 0.717) is 6.61 Å². The van der Waals surface area contributed by atoms with E-state index in [-0.39, 0.29) is 6.61 Å². The molecule has 1 fully saturated rings. The van der Waals surface area contributed by atoms with Gasteiger partial charge in [-0.25, -0.2) is 0 Å². The third-order valence-electron chi connectivity index (χ3n) is 6.76. The lowest BCUT2D eigenvalue weighted by atomic mass is 9.73. The van der Waals surface area contributed by atoms with Crippen LogP contribution in [0.4, 0.5) is 0 Å². The average molecular weight is 359 g/mol. The van der Waals surface area contributed by atoms with Gasteiger partial charge in [-0.15, -0.1) is 0 Å². The van der Waals surface area contributed by atoms with E-state index in [1.54, 1.807) is 0 Å². The van der Waals surface area contributed by atoms with Crippen LogP contribution in [-0.2, 0) is 12.8 Å². The number of benzene rings is 1. The fraction of sp³-hybridized carbons (Fsp3) is 0.750. The Morgan fingerprint density at radius 1 is 1.00 bits per heavy atom. The SMILES string of the molecule is CCCCCCCC[C@H]1CC[C@@H]2Cc3c(cccc3OCCCO)C[C@H]12. The first-order valence-electron chi connectivity index (χ1n) is 11.2. The molecule has 2 heteroatoms. The molecule has 0 aliphatic heterocycles. The van der Waals surface area contributed by atoms with Gasteiger partial charge in [0.2, 0.25) is 0 Å². The second-order valence-corrected chi connectivity index (χ2v) is 8.55. The van der Waals surface area contributed by atoms with Crippen LogP contribution < -0.4 is 4.74 Å². The standard InChI is InChI=1S/C24H38O2/c1-2-3-4-5-6-7-10-19-13-14-21-18-23-20(17-22(19)21)11-8-12-24(23)26-16-9-15-25/h8,11-12,19,21-22,25H,2-7,9-10,13-18H2,1H3/t19-,21+,22+/m0/s1. The largest absolute Gasteiger partial charge is 0.493 e. The predicted molar refractivity (Wildman–Crippen MR) is 109 cm³/mol. The zero-order valence-electron chi connectivity index (χ0n) is 16.7. The van der Waals surface area contributed by atoms with Crippen molar-refractivity contribution in [3.63, 3.8) is 0 Å². The van der Waals surface area contributed by atoms with Gasteiger partial charge in [0.25, 0.3) is 0 Å². The highest BCUT2D eigenvalue weighted by molar-refractivity contribution is 5.42. The molecule has 0 radical (unpaired) electrons. The van der Waals surface area contributed by atoms with Crippen LogP contribution in [-0.4, -0.2) is 18.3 Å². The van der Waals surface area contributed by atoms with Gasteiger partial charge in [0.15, 0.2) is 0 Å². The first-order chi connectivity index (χ1) is 12.8. The van der Waals surface area contributed by atoms with Gasteiger partial charge in [-0.1, -0.05) is 64.0 Å². The summed E-state index contributed by atoms with van der Waals surface area (Å²) in [5, 5.41) is 8.99. The highest BCUT2D eigenvalue weighted by atomic mass is 16.5. The van der Waals surface area contributed by atoms with Crippen molar-refractivity contribution in [3.8, 4) is 5.75 Å². The van der Waals surface area contributed by atoms with Crippen LogP contribution >= 0.6 is 0 Å². The second kappa shape index (κ2) is 10.3. The summed E-state index contributed by atoms with van der Waals surface area (Å²) in [4.78, 5) is 0. The molecule has 1 aromatic carbocycles. The monoisotopic (exact) mass is 358 g/mol. The van der Waals surface area contributed by atoms with Crippen LogP contribution in [0.15, 0.2) is 18.2 Å². The molecule has 26 heavy (non-hydrogen) atoms. The minimum Gasteiger partial charge on any atom is -0.493 e. The highest BCUT2D eigenvalue weighted by Gasteiger charge is 2.39. The van der Waals surface area contributed by atoms with Crippen molar-refractivity contribution < 1.29 is 9.84 Å². The maximum atomic E-state index is 8.99. The Balaban J connectivity index is 1.52. The third kappa shape index (κ3) is 5.03. The minimum absolute atomic E-state index is 0.208. The van der Waals surface area contributed by atoms with Gasteiger partial charge in [0.05, 0.1) is 6.61 Å². The number of hydrogen-bond donors (Lipinski definition) is 1. The van der Waals surface area contributed by atoms with E-state index in [4.69, 9.17) is 9.84 Å². The normalized spacial score (nSPS) is 24.3. The Kier molecular flexibility index (Phi) is 7.85. The van der Waals surface area contributed by atoms with Gasteiger partial charge in [-0.05, 0) is 60.6 Å². The number of hydrogen-bond acceptors (Lipinski definition) is 2. The van der Waals surface area contributed by atoms with Crippen LogP contribution in [0.3, 0.4) is 0 Å². The molecule has 2 aliphatic carbocycles. The Morgan fingerprint density at radius 3 is 2.69 bits per heavy atom. The summed E-state index contributed by atoms with van der Waals surface area (Å²) in [6.07, 6.45) is 16.0. The van der Waals surface area contributed by atoms with Crippen LogP contribution in [0.25, 0.3) is 0 Å². The van der Waals surface area contributed by atoms with Crippen LogP contribution in [0.1, 0.15) is 82.3 Å². The van der Waals surface area contributed by atoms with Crippen LogP contribution in [0.2, 0.25) is 0 Å². The molecule has 0 amide bonds. The lowest BCUT2D eigenvalue weighted by molar-refractivity contribution is 0.228. The van der Waals surface area contributed by atoms with Crippen molar-refractivity contribution in [1.29, 1.82) is 0 Å². The molecule has 0 heterocycles. The fourth-order valence-electron chi connectivity index (χ4n) is 5.31. The van der Waals surface area contributed by atoms with E-state index in [1.165, 1.54) is 81.8 Å². The van der Waals surface area contributed by atoms with Crippen molar-refractivity contribution in [2.75, 3.05) is 13.2 Å². The van der Waals surface area contributed by atoms with E-state index in [0.717, 1.165) is 29.9 Å². The molecule has 0 aromatic heterocycles. The number of rotatable bonds is 11. The lowest BCUT2D eigenvalue weighted by Crippen LogP contribution is -2.25. The summed E-state index contributed by atoms with van der Waals surface area (Å²) in [5.41, 5.74) is 2.99. The Labute approximate surface area is 160 Å². The average Bonchev–Trinajstić information content (AvgIpc) is 3.05. The molecule has 1 aromatic rings. The van der Waals surface area contributed by atoms with E-state index in [1.807, 2.05) is 0 Å². The highest BCUT2D eigenvalue weighted by Crippen LogP contribution is 2.48. The Bertz CT molecular complexity index is 539. The molecule has 3 rings (SSSR count). The van der Waals surface area contributed by atoms with Crippen molar-refractivity contribution in [1.82, 2.24) is 0 Å². The number of aliphatic hydroxyl groups excluding tert-OH is 1. The van der Waals surface area contributed by atoms with Gasteiger partial charge in [-0.2, -0.15) is 0 Å². The summed E-state index contributed by atoms with van der Waals surface area (Å²) >= 11 is 0. The van der Waals surface area contributed by atoms with Crippen molar-refractivity contribution in [2.45, 2.75) is 84.0 Å². The molecule has 0 saturated heterocycles. The minimum atomic E-state index is 0.208. The molecule has 146 valence electrons. The number of fused-ring (bicyclic) bond motifs is 2. The smallest absolute Gasteiger partial charge is 0.122 e. The zero-order valence-corrected chi connectivity index (χ0v) is 16.7. The van der Waals surface area contributed by atoms with Gasteiger partial charge >= 0.3 is 0 Å². The van der Waals surface area contributed by atoms with Crippen molar-refractivity contribution in [3.05, 3.63) is 29.3 Å². The summed E-state index contributed by atoms with van der Waals surface area (Å²) in [6, 6.07) is 6.61. The number of ether oxygens (including phenoxy) is 1. The number of aliphatic hydroxyl groups is 1. The maximum absolute atomic E-state index is 8.99. The second-order valence-electron chi connectivity index (χ2n) is 8.55. The first kappa shape index (κ1) is 19.7. The topological polar surface area (TPSA) is 29.5 Å². The first-order valence-corrected chi connectivity index (χ1v) is 11.2. The maximum Gasteiger partial charge on any atom is 0.122 e. The van der Waals surface area contributed by atoms with E-state index in [9.17, 15) is 0 Å².